The molecule has 5 nitrogen and oxygen atoms in total. The van der Waals surface area contributed by atoms with Crippen LogP contribution < -0.4 is 4.90 Å². The fourth-order valence-corrected chi connectivity index (χ4v) is 4.01. The van der Waals surface area contributed by atoms with E-state index < -0.39 is 11.7 Å². The molecular formula is C17H23ClF3N3O2. The summed E-state index contributed by atoms with van der Waals surface area (Å²) in [4.78, 5) is 7.74. The number of halogens is 4. The maximum Gasteiger partial charge on any atom is 0.420 e. The Labute approximate surface area is 155 Å². The van der Waals surface area contributed by atoms with Crippen LogP contribution in [-0.4, -0.2) is 65.5 Å². The molecule has 2 saturated heterocycles. The third-order valence-electron chi connectivity index (χ3n) is 5.30. The van der Waals surface area contributed by atoms with Crippen LogP contribution in [0.25, 0.3) is 0 Å². The molecule has 2 N–H and O–H groups in total. The van der Waals surface area contributed by atoms with Gasteiger partial charge >= 0.3 is 6.18 Å². The van der Waals surface area contributed by atoms with E-state index in [0.717, 1.165) is 19.2 Å². The Morgan fingerprint density at radius 1 is 1.19 bits per heavy atom. The van der Waals surface area contributed by atoms with Crippen molar-refractivity contribution in [2.45, 2.75) is 25.1 Å². The van der Waals surface area contributed by atoms with Gasteiger partial charge in [-0.3, -0.25) is 0 Å². The van der Waals surface area contributed by atoms with Crippen LogP contribution >= 0.6 is 11.6 Å². The van der Waals surface area contributed by atoms with E-state index >= 15 is 0 Å². The summed E-state index contributed by atoms with van der Waals surface area (Å²) in [5.41, 5.74) is -0.844. The van der Waals surface area contributed by atoms with Gasteiger partial charge in [-0.1, -0.05) is 11.6 Å². The molecule has 146 valence electrons. The highest BCUT2D eigenvalue weighted by atomic mass is 35.5. The normalized spacial score (nSPS) is 25.8. The Balaban J connectivity index is 1.75. The molecule has 9 heteroatoms. The average molecular weight is 394 g/mol. The standard InChI is InChI=1S/C17H23ClF3N3O2/c18-13-5-15(17(19,20)21)16(22-6-13)24-8-11(12(9-24)10-25)7-23-3-1-14(26)2-4-23/h5-6,11-12,14,25-26H,1-4,7-10H2. The van der Waals surface area contributed by atoms with Gasteiger partial charge in [-0.2, -0.15) is 13.2 Å². The van der Waals surface area contributed by atoms with Gasteiger partial charge in [0, 0.05) is 51.4 Å². The second-order valence-electron chi connectivity index (χ2n) is 7.16. The van der Waals surface area contributed by atoms with Gasteiger partial charge in [-0.05, 0) is 24.8 Å². The van der Waals surface area contributed by atoms with E-state index in [-0.39, 0.29) is 35.4 Å². The highest BCUT2D eigenvalue weighted by Gasteiger charge is 2.40. The van der Waals surface area contributed by atoms with Gasteiger partial charge in [-0.15, -0.1) is 0 Å². The third-order valence-corrected chi connectivity index (χ3v) is 5.51. The molecule has 2 fully saturated rings. The lowest BCUT2D eigenvalue weighted by Crippen LogP contribution is -2.40. The number of alkyl halides is 3. The SMILES string of the molecule is OCC1CN(c2ncc(Cl)cc2C(F)(F)F)CC1CN1CCC(O)CC1. The molecule has 1 aromatic rings. The van der Waals surface area contributed by atoms with E-state index in [9.17, 15) is 23.4 Å². The fourth-order valence-electron chi connectivity index (χ4n) is 3.85. The Morgan fingerprint density at radius 2 is 1.85 bits per heavy atom. The van der Waals surface area contributed by atoms with Crippen LogP contribution in [0.5, 0.6) is 0 Å². The van der Waals surface area contributed by atoms with Crippen LogP contribution in [0, 0.1) is 11.8 Å². The second kappa shape index (κ2) is 7.88. The molecule has 0 bridgehead atoms. The Bertz CT molecular complexity index is 624. The largest absolute Gasteiger partial charge is 0.420 e. The molecule has 1 aromatic heterocycles. The van der Waals surface area contributed by atoms with Crippen LogP contribution in [0.1, 0.15) is 18.4 Å². The molecule has 26 heavy (non-hydrogen) atoms. The smallest absolute Gasteiger partial charge is 0.396 e. The molecule has 0 aliphatic carbocycles. The van der Waals surface area contributed by atoms with E-state index in [0.29, 0.717) is 32.5 Å². The van der Waals surface area contributed by atoms with Gasteiger partial charge in [-0.25, -0.2) is 4.98 Å². The molecule has 3 rings (SSSR count). The summed E-state index contributed by atoms with van der Waals surface area (Å²) < 4.78 is 40.1. The Kier molecular flexibility index (Phi) is 5.96. The van der Waals surface area contributed by atoms with Crippen molar-refractivity contribution in [3.63, 3.8) is 0 Å². The highest BCUT2D eigenvalue weighted by molar-refractivity contribution is 6.30. The van der Waals surface area contributed by atoms with Gasteiger partial charge in [0.2, 0.25) is 0 Å². The van der Waals surface area contributed by atoms with Crippen molar-refractivity contribution in [1.29, 1.82) is 0 Å². The summed E-state index contributed by atoms with van der Waals surface area (Å²) >= 11 is 5.71. The number of aliphatic hydroxyl groups is 2. The number of piperidine rings is 1. The Hall–Kier alpha value is -1.09. The van der Waals surface area contributed by atoms with Crippen molar-refractivity contribution >= 4 is 17.4 Å². The predicted octanol–water partition coefficient (Wildman–Crippen LogP) is 2.26. The van der Waals surface area contributed by atoms with E-state index in [1.54, 1.807) is 4.90 Å². The van der Waals surface area contributed by atoms with Gasteiger partial charge in [0.15, 0.2) is 0 Å². The molecular weight excluding hydrogens is 371 g/mol. The summed E-state index contributed by atoms with van der Waals surface area (Å²) in [6, 6.07) is 0.900. The summed E-state index contributed by atoms with van der Waals surface area (Å²) in [7, 11) is 0. The van der Waals surface area contributed by atoms with E-state index in [1.165, 1.54) is 6.20 Å². The minimum absolute atomic E-state index is 0.0498. The van der Waals surface area contributed by atoms with Crippen molar-refractivity contribution in [3.8, 4) is 0 Å². The van der Waals surface area contributed by atoms with Crippen LogP contribution in [0.3, 0.4) is 0 Å². The zero-order chi connectivity index (χ0) is 18.9. The maximum absolute atomic E-state index is 13.4. The van der Waals surface area contributed by atoms with Crippen molar-refractivity contribution in [3.05, 3.63) is 22.8 Å². The first-order valence-corrected chi connectivity index (χ1v) is 9.14. The lowest BCUT2D eigenvalue weighted by molar-refractivity contribution is -0.137. The number of nitrogens with zero attached hydrogens (tertiary/aromatic N) is 3. The lowest BCUT2D eigenvalue weighted by atomic mass is 9.95. The summed E-state index contributed by atoms with van der Waals surface area (Å²) in [6.45, 7) is 2.89. The number of hydrogen-bond donors (Lipinski definition) is 2. The van der Waals surface area contributed by atoms with Gasteiger partial charge in [0.25, 0.3) is 0 Å². The summed E-state index contributed by atoms with van der Waals surface area (Å²) in [6.07, 6.45) is -2.18. The molecule has 2 aliphatic heterocycles. The third kappa shape index (κ3) is 4.42. The monoisotopic (exact) mass is 393 g/mol. The molecule has 2 atom stereocenters. The molecule has 3 heterocycles. The highest BCUT2D eigenvalue weighted by Crippen LogP contribution is 2.39. The predicted molar refractivity (Wildman–Crippen MR) is 92.2 cm³/mol. The van der Waals surface area contributed by atoms with Crippen molar-refractivity contribution in [2.24, 2.45) is 11.8 Å². The van der Waals surface area contributed by atoms with E-state index in [4.69, 9.17) is 11.6 Å². The Morgan fingerprint density at radius 3 is 2.46 bits per heavy atom. The van der Waals surface area contributed by atoms with Crippen molar-refractivity contribution < 1.29 is 23.4 Å². The number of aliphatic hydroxyl groups excluding tert-OH is 2. The van der Waals surface area contributed by atoms with Gasteiger partial charge in [0.05, 0.1) is 16.7 Å². The number of pyridine rings is 1. The average Bonchev–Trinajstić information content (AvgIpc) is 2.99. The first kappa shape index (κ1) is 19.7. The van der Waals surface area contributed by atoms with Crippen molar-refractivity contribution in [1.82, 2.24) is 9.88 Å². The number of aromatic nitrogens is 1. The maximum atomic E-state index is 13.4. The molecule has 0 amide bonds. The van der Waals surface area contributed by atoms with Gasteiger partial charge in [0.1, 0.15) is 5.82 Å². The first-order chi connectivity index (χ1) is 12.3. The molecule has 0 aromatic carbocycles. The zero-order valence-corrected chi connectivity index (χ0v) is 15.0. The molecule has 0 spiro atoms. The van der Waals surface area contributed by atoms with Crippen molar-refractivity contribution in [2.75, 3.05) is 44.2 Å². The molecule has 2 aliphatic rings. The van der Waals surface area contributed by atoms with Crippen LogP contribution in [0.4, 0.5) is 19.0 Å². The molecule has 0 radical (unpaired) electrons. The van der Waals surface area contributed by atoms with Gasteiger partial charge < -0.3 is 20.0 Å². The fraction of sp³-hybridized carbons (Fsp3) is 0.706. The quantitative estimate of drug-likeness (QED) is 0.821. The minimum Gasteiger partial charge on any atom is -0.396 e. The lowest BCUT2D eigenvalue weighted by Gasteiger charge is -2.32. The number of rotatable bonds is 4. The van der Waals surface area contributed by atoms with E-state index in [2.05, 4.69) is 9.88 Å². The van der Waals surface area contributed by atoms with Crippen LogP contribution in [-0.2, 0) is 6.18 Å². The minimum atomic E-state index is -4.54. The summed E-state index contributed by atoms with van der Waals surface area (Å²) in [5, 5.41) is 19.2. The van der Waals surface area contributed by atoms with Crippen LogP contribution in [0.15, 0.2) is 12.3 Å². The molecule has 0 saturated carbocycles. The van der Waals surface area contributed by atoms with E-state index in [1.807, 2.05) is 0 Å². The number of hydrogen-bond acceptors (Lipinski definition) is 5. The molecule has 2 unspecified atom stereocenters. The number of likely N-dealkylation sites (tertiary alicyclic amines) is 1. The van der Waals surface area contributed by atoms with Crippen LogP contribution in [0.2, 0.25) is 5.02 Å². The second-order valence-corrected chi connectivity index (χ2v) is 7.60. The topological polar surface area (TPSA) is 59.8 Å². The zero-order valence-electron chi connectivity index (χ0n) is 14.3. The first-order valence-electron chi connectivity index (χ1n) is 8.77. The number of anilines is 1. The summed E-state index contributed by atoms with van der Waals surface area (Å²) in [5.74, 6) is -0.189.